The Labute approximate surface area is 149 Å². The topological polar surface area (TPSA) is 90.4 Å². The molecule has 2 heterocycles. The summed E-state index contributed by atoms with van der Waals surface area (Å²) in [6.45, 7) is 2.03. The maximum atomic E-state index is 12.0. The van der Waals surface area contributed by atoms with Crippen molar-refractivity contribution >= 4 is 17.7 Å². The van der Waals surface area contributed by atoms with Crippen LogP contribution in [-0.4, -0.2) is 52.8 Å². The minimum Gasteiger partial charge on any atom is -0.391 e. The molecule has 1 amide bonds. The molecule has 0 spiro atoms. The van der Waals surface area contributed by atoms with Crippen molar-refractivity contribution in [3.8, 4) is 0 Å². The van der Waals surface area contributed by atoms with Gasteiger partial charge in [-0.2, -0.15) is 4.98 Å². The fraction of sp³-hybridized carbons (Fsp3) is 0.722. The monoisotopic (exact) mass is 347 g/mol. The third kappa shape index (κ3) is 5.56. The summed E-state index contributed by atoms with van der Waals surface area (Å²) in [7, 11) is 0. The summed E-state index contributed by atoms with van der Waals surface area (Å²) in [5.74, 6) is 1.45. The molecule has 7 heteroatoms. The first kappa shape index (κ1) is 17.9. The lowest BCUT2D eigenvalue weighted by atomic mass is 9.95. The van der Waals surface area contributed by atoms with Crippen LogP contribution in [0, 0.1) is 0 Å². The molecule has 1 aromatic heterocycles. The van der Waals surface area contributed by atoms with Gasteiger partial charge in [-0.05, 0) is 31.7 Å². The van der Waals surface area contributed by atoms with Gasteiger partial charge in [0, 0.05) is 38.3 Å². The minimum absolute atomic E-state index is 0.0923. The molecule has 1 aliphatic carbocycles. The van der Waals surface area contributed by atoms with Gasteiger partial charge in [-0.3, -0.25) is 4.79 Å². The number of aliphatic hydroxyl groups is 1. The lowest BCUT2D eigenvalue weighted by Crippen LogP contribution is -2.38. The number of nitrogens with one attached hydrogen (secondary N) is 2. The van der Waals surface area contributed by atoms with Crippen LogP contribution < -0.4 is 15.5 Å². The van der Waals surface area contributed by atoms with Gasteiger partial charge in [0.2, 0.25) is 11.9 Å². The van der Waals surface area contributed by atoms with E-state index in [-0.39, 0.29) is 12.0 Å². The number of nitrogens with zero attached hydrogens (tertiary/aromatic N) is 3. The largest absolute Gasteiger partial charge is 0.391 e. The van der Waals surface area contributed by atoms with Gasteiger partial charge in [0.1, 0.15) is 5.82 Å². The third-order valence-electron chi connectivity index (χ3n) is 4.97. The Kier molecular flexibility index (Phi) is 6.44. The Bertz CT molecular complexity index is 562. The van der Waals surface area contributed by atoms with Crippen LogP contribution in [-0.2, 0) is 4.79 Å². The standard InChI is InChI=1S/C18H29N5O2/c24-15-7-4-12-23(13-15)16-8-10-19-18(22-16)20-11-9-17(25)21-14-5-2-1-3-6-14/h8,10,14-15,24H,1-7,9,11-13H2,(H,21,25)(H,19,20,22). The van der Waals surface area contributed by atoms with E-state index in [1.54, 1.807) is 6.20 Å². The van der Waals surface area contributed by atoms with Crippen molar-refractivity contribution in [2.75, 3.05) is 29.9 Å². The van der Waals surface area contributed by atoms with Crippen molar-refractivity contribution in [1.29, 1.82) is 0 Å². The quantitative estimate of drug-likeness (QED) is 0.725. The number of rotatable bonds is 6. The molecule has 7 nitrogen and oxygen atoms in total. The number of amides is 1. The summed E-state index contributed by atoms with van der Waals surface area (Å²) >= 11 is 0. The van der Waals surface area contributed by atoms with Crippen LogP contribution in [0.4, 0.5) is 11.8 Å². The maximum Gasteiger partial charge on any atom is 0.224 e. The van der Waals surface area contributed by atoms with Crippen molar-refractivity contribution in [2.24, 2.45) is 0 Å². The van der Waals surface area contributed by atoms with E-state index in [9.17, 15) is 9.90 Å². The highest BCUT2D eigenvalue weighted by Crippen LogP contribution is 2.19. The van der Waals surface area contributed by atoms with E-state index in [0.717, 1.165) is 38.0 Å². The lowest BCUT2D eigenvalue weighted by molar-refractivity contribution is -0.121. The number of aromatic nitrogens is 2. The molecule has 3 rings (SSSR count). The average Bonchev–Trinajstić information content (AvgIpc) is 2.63. The fourth-order valence-electron chi connectivity index (χ4n) is 3.61. The van der Waals surface area contributed by atoms with Crippen LogP contribution in [0.3, 0.4) is 0 Å². The van der Waals surface area contributed by atoms with Crippen molar-refractivity contribution in [2.45, 2.75) is 63.5 Å². The van der Waals surface area contributed by atoms with Crippen LogP contribution in [0.15, 0.2) is 12.3 Å². The molecule has 3 N–H and O–H groups in total. The Morgan fingerprint density at radius 2 is 2.08 bits per heavy atom. The zero-order chi connectivity index (χ0) is 17.5. The first-order chi connectivity index (χ1) is 12.2. The normalized spacial score (nSPS) is 21.8. The minimum atomic E-state index is -0.288. The Hall–Kier alpha value is -1.89. The average molecular weight is 347 g/mol. The highest BCUT2D eigenvalue weighted by atomic mass is 16.3. The summed E-state index contributed by atoms with van der Waals surface area (Å²) in [5.41, 5.74) is 0. The van der Waals surface area contributed by atoms with E-state index in [1.165, 1.54) is 19.3 Å². The lowest BCUT2D eigenvalue weighted by Gasteiger charge is -2.31. The second kappa shape index (κ2) is 8.99. The van der Waals surface area contributed by atoms with Crippen molar-refractivity contribution < 1.29 is 9.90 Å². The van der Waals surface area contributed by atoms with Gasteiger partial charge in [-0.15, -0.1) is 0 Å². The predicted octanol–water partition coefficient (Wildman–Crippen LogP) is 1.69. The zero-order valence-electron chi connectivity index (χ0n) is 14.8. The van der Waals surface area contributed by atoms with Gasteiger partial charge < -0.3 is 20.6 Å². The number of carbonyl (C=O) groups is 1. The number of piperidine rings is 1. The highest BCUT2D eigenvalue weighted by molar-refractivity contribution is 5.76. The van der Waals surface area contributed by atoms with Crippen LogP contribution in [0.1, 0.15) is 51.4 Å². The van der Waals surface area contributed by atoms with E-state index in [4.69, 9.17) is 0 Å². The summed E-state index contributed by atoms with van der Waals surface area (Å²) in [4.78, 5) is 22.8. The molecule has 1 aliphatic heterocycles. The van der Waals surface area contributed by atoms with Crippen LogP contribution in [0.2, 0.25) is 0 Å². The number of anilines is 2. The van der Waals surface area contributed by atoms with Crippen molar-refractivity contribution in [1.82, 2.24) is 15.3 Å². The molecule has 1 unspecified atom stereocenters. The zero-order valence-corrected chi connectivity index (χ0v) is 14.8. The van der Waals surface area contributed by atoms with Crippen molar-refractivity contribution in [3.63, 3.8) is 0 Å². The highest BCUT2D eigenvalue weighted by Gasteiger charge is 2.19. The van der Waals surface area contributed by atoms with E-state index < -0.39 is 0 Å². The van der Waals surface area contributed by atoms with Crippen molar-refractivity contribution in [3.05, 3.63) is 12.3 Å². The number of hydrogen-bond acceptors (Lipinski definition) is 6. The fourth-order valence-corrected chi connectivity index (χ4v) is 3.61. The second-order valence-corrected chi connectivity index (χ2v) is 7.06. The molecular formula is C18H29N5O2. The third-order valence-corrected chi connectivity index (χ3v) is 4.97. The molecule has 1 saturated heterocycles. The van der Waals surface area contributed by atoms with Gasteiger partial charge in [-0.25, -0.2) is 4.98 Å². The summed E-state index contributed by atoms with van der Waals surface area (Å²) in [5, 5.41) is 16.1. The van der Waals surface area contributed by atoms with E-state index >= 15 is 0 Å². The number of hydrogen-bond donors (Lipinski definition) is 3. The first-order valence-corrected chi connectivity index (χ1v) is 9.50. The van der Waals surface area contributed by atoms with E-state index in [0.29, 0.717) is 31.5 Å². The first-order valence-electron chi connectivity index (χ1n) is 9.50. The molecule has 25 heavy (non-hydrogen) atoms. The smallest absolute Gasteiger partial charge is 0.224 e. The van der Waals surface area contributed by atoms with Crippen LogP contribution in [0.25, 0.3) is 0 Å². The predicted molar refractivity (Wildman–Crippen MR) is 97.6 cm³/mol. The Morgan fingerprint density at radius 3 is 2.88 bits per heavy atom. The van der Waals surface area contributed by atoms with Gasteiger partial charge in [0.15, 0.2) is 0 Å². The Balaban J connectivity index is 1.43. The molecule has 0 radical (unpaired) electrons. The molecular weight excluding hydrogens is 318 g/mol. The second-order valence-electron chi connectivity index (χ2n) is 7.06. The van der Waals surface area contributed by atoms with Crippen LogP contribution in [0.5, 0.6) is 0 Å². The molecule has 1 saturated carbocycles. The molecule has 1 atom stereocenters. The Morgan fingerprint density at radius 1 is 1.24 bits per heavy atom. The molecule has 0 aromatic carbocycles. The van der Waals surface area contributed by atoms with Crippen LogP contribution >= 0.6 is 0 Å². The summed E-state index contributed by atoms with van der Waals surface area (Å²) in [6, 6.07) is 2.21. The van der Waals surface area contributed by atoms with E-state index in [1.807, 2.05) is 6.07 Å². The molecule has 2 fully saturated rings. The molecule has 138 valence electrons. The number of carbonyl (C=O) groups excluding carboxylic acids is 1. The SMILES string of the molecule is O=C(CCNc1nccc(N2CCCC(O)C2)n1)NC1CCCCC1. The molecule has 0 bridgehead atoms. The molecule has 2 aliphatic rings. The van der Waals surface area contributed by atoms with E-state index in [2.05, 4.69) is 25.5 Å². The maximum absolute atomic E-state index is 12.0. The number of β-amino-alcohol motifs (C(OH)–C–C–N with tert-alkyl or cyclic N) is 1. The molecule has 1 aromatic rings. The van der Waals surface area contributed by atoms with Gasteiger partial charge in [-0.1, -0.05) is 19.3 Å². The van der Waals surface area contributed by atoms with Gasteiger partial charge in [0.05, 0.1) is 6.10 Å². The van der Waals surface area contributed by atoms with Gasteiger partial charge in [0.25, 0.3) is 0 Å². The number of aliphatic hydroxyl groups excluding tert-OH is 1. The van der Waals surface area contributed by atoms with Gasteiger partial charge >= 0.3 is 0 Å². The summed E-state index contributed by atoms with van der Waals surface area (Å²) in [6.07, 6.45) is 9.60. The summed E-state index contributed by atoms with van der Waals surface area (Å²) < 4.78 is 0.